The van der Waals surface area contributed by atoms with Gasteiger partial charge in [-0.1, -0.05) is 11.2 Å². The number of rotatable bonds is 6. The maximum absolute atomic E-state index is 11.5. The Hall–Kier alpha value is -3.18. The highest BCUT2D eigenvalue weighted by Gasteiger charge is 2.16. The van der Waals surface area contributed by atoms with Gasteiger partial charge in [0, 0.05) is 4.91 Å². The van der Waals surface area contributed by atoms with Crippen molar-refractivity contribution in [3.8, 4) is 22.6 Å². The molecule has 0 spiro atoms. The van der Waals surface area contributed by atoms with Gasteiger partial charge in [-0.25, -0.2) is 4.79 Å². The van der Waals surface area contributed by atoms with Gasteiger partial charge in [-0.3, -0.25) is 0 Å². The van der Waals surface area contributed by atoms with Crippen molar-refractivity contribution in [2.75, 3.05) is 14.2 Å². The van der Waals surface area contributed by atoms with Crippen molar-refractivity contribution in [1.29, 1.82) is 0 Å². The largest absolute Gasteiger partial charge is 0.497 e. The number of azide groups is 1. The molecule has 7 nitrogen and oxygen atoms in total. The summed E-state index contributed by atoms with van der Waals surface area (Å²) in [6.45, 7) is 0.0914. The van der Waals surface area contributed by atoms with Gasteiger partial charge < -0.3 is 14.6 Å². The summed E-state index contributed by atoms with van der Waals surface area (Å²) in [6, 6.07) is 10.0. The first-order valence-electron chi connectivity index (χ1n) is 6.70. The monoisotopic (exact) mass is 313 g/mol. The highest BCUT2D eigenvalue weighted by Crippen LogP contribution is 2.32. The minimum atomic E-state index is -1.07. The van der Waals surface area contributed by atoms with Crippen LogP contribution in [0.1, 0.15) is 15.9 Å². The van der Waals surface area contributed by atoms with Crippen LogP contribution < -0.4 is 9.47 Å². The molecule has 0 atom stereocenters. The first-order chi connectivity index (χ1) is 11.1. The van der Waals surface area contributed by atoms with Gasteiger partial charge in [-0.2, -0.15) is 0 Å². The summed E-state index contributed by atoms with van der Waals surface area (Å²) < 4.78 is 10.2. The van der Waals surface area contributed by atoms with Crippen LogP contribution in [0.15, 0.2) is 41.5 Å². The normalized spacial score (nSPS) is 9.83. The summed E-state index contributed by atoms with van der Waals surface area (Å²) in [6.07, 6.45) is 0. The summed E-state index contributed by atoms with van der Waals surface area (Å²) in [5.41, 5.74) is 10.5. The second-order valence-corrected chi connectivity index (χ2v) is 4.63. The Kier molecular flexibility index (Phi) is 5.07. The van der Waals surface area contributed by atoms with Crippen LogP contribution in [-0.2, 0) is 6.54 Å². The van der Waals surface area contributed by atoms with Gasteiger partial charge >= 0.3 is 5.97 Å². The van der Waals surface area contributed by atoms with Crippen molar-refractivity contribution < 1.29 is 19.4 Å². The van der Waals surface area contributed by atoms with E-state index in [2.05, 4.69) is 10.0 Å². The van der Waals surface area contributed by atoms with Crippen LogP contribution in [0.25, 0.3) is 21.6 Å². The summed E-state index contributed by atoms with van der Waals surface area (Å²) in [7, 11) is 3.00. The maximum atomic E-state index is 11.5. The molecule has 0 bridgehead atoms. The Morgan fingerprint density at radius 1 is 1.13 bits per heavy atom. The van der Waals surface area contributed by atoms with Crippen molar-refractivity contribution in [1.82, 2.24) is 0 Å². The molecule has 7 heteroatoms. The van der Waals surface area contributed by atoms with Gasteiger partial charge in [-0.15, -0.1) is 0 Å². The molecule has 0 aliphatic heterocycles. The number of hydrogen-bond donors (Lipinski definition) is 1. The van der Waals surface area contributed by atoms with E-state index in [-0.39, 0.29) is 12.1 Å². The van der Waals surface area contributed by atoms with E-state index in [1.165, 1.54) is 20.3 Å². The number of aromatic carboxylic acids is 1. The lowest BCUT2D eigenvalue weighted by molar-refractivity contribution is 0.0697. The van der Waals surface area contributed by atoms with Gasteiger partial charge in [0.2, 0.25) is 0 Å². The molecule has 0 aliphatic rings. The third-order valence-corrected chi connectivity index (χ3v) is 3.36. The Morgan fingerprint density at radius 3 is 2.30 bits per heavy atom. The minimum absolute atomic E-state index is 0.0914. The fourth-order valence-electron chi connectivity index (χ4n) is 2.26. The maximum Gasteiger partial charge on any atom is 0.336 e. The number of carboxylic acids is 1. The molecular weight excluding hydrogens is 298 g/mol. The zero-order valence-electron chi connectivity index (χ0n) is 12.7. The van der Waals surface area contributed by atoms with E-state index in [4.69, 9.17) is 15.0 Å². The topological polar surface area (TPSA) is 105 Å². The third kappa shape index (κ3) is 3.53. The smallest absolute Gasteiger partial charge is 0.336 e. The van der Waals surface area contributed by atoms with Gasteiger partial charge in [0.1, 0.15) is 11.5 Å². The Labute approximate surface area is 132 Å². The molecule has 2 aromatic carbocycles. The number of hydrogen-bond acceptors (Lipinski definition) is 4. The molecule has 0 radical (unpaired) electrons. The van der Waals surface area contributed by atoms with Crippen molar-refractivity contribution in [3.05, 3.63) is 58.0 Å². The molecular formula is C16H15N3O4. The van der Waals surface area contributed by atoms with Crippen LogP contribution in [0.3, 0.4) is 0 Å². The molecule has 118 valence electrons. The predicted octanol–water partition coefficient (Wildman–Crippen LogP) is 3.88. The number of nitrogens with zero attached hydrogens (tertiary/aromatic N) is 3. The lowest BCUT2D eigenvalue weighted by Gasteiger charge is -2.13. The molecule has 0 heterocycles. The molecule has 0 saturated carbocycles. The number of ether oxygens (including phenoxy) is 2. The average molecular weight is 313 g/mol. The number of carbonyl (C=O) groups is 1. The predicted molar refractivity (Wildman–Crippen MR) is 84.8 cm³/mol. The highest BCUT2D eigenvalue weighted by molar-refractivity contribution is 5.97. The second kappa shape index (κ2) is 7.20. The standard InChI is InChI=1S/C16H15N3O4/c1-22-11-3-5-13(10(7-11)9-18-19-17)14-6-4-12(23-2)8-15(14)16(20)21/h3-8H,9H2,1-2H3,(H,20,21). The van der Waals surface area contributed by atoms with E-state index in [1.54, 1.807) is 30.3 Å². The van der Waals surface area contributed by atoms with Crippen LogP contribution in [-0.4, -0.2) is 25.3 Å². The van der Waals surface area contributed by atoms with E-state index >= 15 is 0 Å². The van der Waals surface area contributed by atoms with Gasteiger partial charge in [-0.05, 0) is 52.6 Å². The van der Waals surface area contributed by atoms with Crippen LogP contribution in [0, 0.1) is 0 Å². The van der Waals surface area contributed by atoms with Crippen LogP contribution in [0.2, 0.25) is 0 Å². The highest BCUT2D eigenvalue weighted by atomic mass is 16.5. The molecule has 0 aliphatic carbocycles. The van der Waals surface area contributed by atoms with E-state index in [1.807, 2.05) is 0 Å². The fraction of sp³-hybridized carbons (Fsp3) is 0.188. The molecule has 0 saturated heterocycles. The first-order valence-corrected chi connectivity index (χ1v) is 6.70. The van der Waals surface area contributed by atoms with Crippen LogP contribution >= 0.6 is 0 Å². The summed E-state index contributed by atoms with van der Waals surface area (Å²) in [4.78, 5) is 14.3. The molecule has 23 heavy (non-hydrogen) atoms. The molecule has 0 fully saturated rings. The molecule has 2 aromatic rings. The molecule has 0 amide bonds. The Balaban J connectivity index is 2.65. The number of carboxylic acid groups (broad SMARTS) is 1. The van der Waals surface area contributed by atoms with Gasteiger partial charge in [0.05, 0.1) is 26.3 Å². The number of benzene rings is 2. The molecule has 2 rings (SSSR count). The summed E-state index contributed by atoms with van der Waals surface area (Å²) in [5.74, 6) is -0.0111. The summed E-state index contributed by atoms with van der Waals surface area (Å²) >= 11 is 0. The number of methoxy groups -OCH3 is 2. The van der Waals surface area contributed by atoms with E-state index in [0.717, 1.165) is 0 Å². The Bertz CT molecular complexity index is 783. The van der Waals surface area contributed by atoms with Gasteiger partial charge in [0.25, 0.3) is 0 Å². The van der Waals surface area contributed by atoms with E-state index < -0.39 is 5.97 Å². The Morgan fingerprint density at radius 2 is 1.74 bits per heavy atom. The zero-order valence-corrected chi connectivity index (χ0v) is 12.7. The summed E-state index contributed by atoms with van der Waals surface area (Å²) in [5, 5.41) is 13.0. The first kappa shape index (κ1) is 16.2. The zero-order chi connectivity index (χ0) is 16.8. The van der Waals surface area contributed by atoms with E-state index in [0.29, 0.717) is 28.2 Å². The SMILES string of the molecule is COc1ccc(-c2ccc(OC)cc2C(=O)O)c(CN=[N+]=[N-])c1. The van der Waals surface area contributed by atoms with Crippen molar-refractivity contribution in [3.63, 3.8) is 0 Å². The van der Waals surface area contributed by atoms with E-state index in [9.17, 15) is 9.90 Å². The second-order valence-electron chi connectivity index (χ2n) is 4.63. The van der Waals surface area contributed by atoms with Crippen LogP contribution in [0.5, 0.6) is 11.5 Å². The van der Waals surface area contributed by atoms with Crippen LogP contribution in [0.4, 0.5) is 0 Å². The third-order valence-electron chi connectivity index (χ3n) is 3.36. The van der Waals surface area contributed by atoms with Crippen molar-refractivity contribution in [2.24, 2.45) is 5.11 Å². The van der Waals surface area contributed by atoms with Gasteiger partial charge in [0.15, 0.2) is 0 Å². The average Bonchev–Trinajstić information content (AvgIpc) is 2.59. The molecule has 1 N–H and O–H groups in total. The quantitative estimate of drug-likeness (QED) is 0.496. The van der Waals surface area contributed by atoms with Crippen molar-refractivity contribution >= 4 is 5.97 Å². The fourth-order valence-corrected chi connectivity index (χ4v) is 2.26. The van der Waals surface area contributed by atoms with Crippen molar-refractivity contribution in [2.45, 2.75) is 6.54 Å². The minimum Gasteiger partial charge on any atom is -0.497 e. The lowest BCUT2D eigenvalue weighted by Crippen LogP contribution is -2.02. The molecule has 0 unspecified atom stereocenters. The lowest BCUT2D eigenvalue weighted by atomic mass is 9.95. The molecule has 0 aromatic heterocycles.